The smallest absolute Gasteiger partial charge is 0.330 e. The van der Waals surface area contributed by atoms with Crippen LogP contribution < -0.4 is 11.2 Å². The van der Waals surface area contributed by atoms with Crippen molar-refractivity contribution >= 4 is 0 Å². The van der Waals surface area contributed by atoms with Gasteiger partial charge in [-0.05, 0) is 6.42 Å². The van der Waals surface area contributed by atoms with E-state index in [4.69, 9.17) is 4.74 Å². The molecule has 1 aliphatic heterocycles. The molecule has 7 heteroatoms. The van der Waals surface area contributed by atoms with Crippen LogP contribution in [0.3, 0.4) is 0 Å². The zero-order valence-electron chi connectivity index (χ0n) is 9.29. The van der Waals surface area contributed by atoms with Crippen molar-refractivity contribution in [1.29, 1.82) is 0 Å². The number of aliphatic hydroxyl groups is 2. The molecule has 3 atom stereocenters. The number of aromatic nitrogens is 2. The highest BCUT2D eigenvalue weighted by Crippen LogP contribution is 2.25. The van der Waals surface area contributed by atoms with Crippen LogP contribution in [-0.4, -0.2) is 32.2 Å². The number of hydrogen-bond acceptors (Lipinski definition) is 5. The molecule has 2 heterocycles. The van der Waals surface area contributed by atoms with E-state index in [2.05, 4.69) is 4.98 Å². The van der Waals surface area contributed by atoms with E-state index in [0.717, 1.165) is 0 Å². The predicted molar refractivity (Wildman–Crippen MR) is 57.5 cm³/mol. The second-order valence-corrected chi connectivity index (χ2v) is 3.96. The SMILES string of the molecule is CCc1cn([C@H]2C[C@H](O)[C@@H](O)O2)c(=O)[nH]c1=O. The molecule has 0 saturated carbocycles. The van der Waals surface area contributed by atoms with Gasteiger partial charge in [0.25, 0.3) is 5.56 Å². The van der Waals surface area contributed by atoms with Gasteiger partial charge in [-0.2, -0.15) is 0 Å². The molecule has 1 aromatic heterocycles. The number of ether oxygens (including phenoxy) is 1. The van der Waals surface area contributed by atoms with Crippen molar-refractivity contribution in [2.24, 2.45) is 0 Å². The first-order valence-electron chi connectivity index (χ1n) is 5.39. The lowest BCUT2D eigenvalue weighted by Gasteiger charge is -2.13. The van der Waals surface area contributed by atoms with Crippen LogP contribution in [0.2, 0.25) is 0 Å². The Hall–Kier alpha value is -1.44. The minimum atomic E-state index is -1.30. The average Bonchev–Trinajstić information content (AvgIpc) is 2.59. The summed E-state index contributed by atoms with van der Waals surface area (Å²) in [4.78, 5) is 25.1. The summed E-state index contributed by atoms with van der Waals surface area (Å²) in [7, 11) is 0. The fourth-order valence-electron chi connectivity index (χ4n) is 1.80. The van der Waals surface area contributed by atoms with Gasteiger partial charge < -0.3 is 14.9 Å². The van der Waals surface area contributed by atoms with Crippen LogP contribution in [0.5, 0.6) is 0 Å². The van der Waals surface area contributed by atoms with Gasteiger partial charge in [-0.1, -0.05) is 6.92 Å². The summed E-state index contributed by atoms with van der Waals surface area (Å²) < 4.78 is 6.21. The van der Waals surface area contributed by atoms with E-state index in [-0.39, 0.29) is 6.42 Å². The number of aromatic amines is 1. The highest BCUT2D eigenvalue weighted by Gasteiger charge is 2.34. The van der Waals surface area contributed by atoms with Gasteiger partial charge in [0.2, 0.25) is 0 Å². The molecule has 1 fully saturated rings. The van der Waals surface area contributed by atoms with Crippen LogP contribution in [0.4, 0.5) is 0 Å². The van der Waals surface area contributed by atoms with Gasteiger partial charge in [0.05, 0.1) is 0 Å². The molecule has 7 nitrogen and oxygen atoms in total. The summed E-state index contributed by atoms with van der Waals surface area (Å²) in [6.07, 6.45) is -1.09. The Morgan fingerprint density at radius 2 is 2.24 bits per heavy atom. The molecule has 0 aromatic carbocycles. The van der Waals surface area contributed by atoms with Crippen molar-refractivity contribution in [3.05, 3.63) is 32.6 Å². The molecule has 0 radical (unpaired) electrons. The van der Waals surface area contributed by atoms with Crippen LogP contribution >= 0.6 is 0 Å². The Morgan fingerprint density at radius 1 is 1.53 bits per heavy atom. The summed E-state index contributed by atoms with van der Waals surface area (Å²) in [5.41, 5.74) is -0.588. The molecule has 2 rings (SSSR count). The Kier molecular flexibility index (Phi) is 3.14. The van der Waals surface area contributed by atoms with Crippen LogP contribution in [0, 0.1) is 0 Å². The summed E-state index contributed by atoms with van der Waals surface area (Å²) in [5, 5.41) is 18.6. The summed E-state index contributed by atoms with van der Waals surface area (Å²) >= 11 is 0. The number of aliphatic hydroxyl groups excluding tert-OH is 2. The van der Waals surface area contributed by atoms with Crippen molar-refractivity contribution < 1.29 is 14.9 Å². The van der Waals surface area contributed by atoms with Crippen LogP contribution in [-0.2, 0) is 11.2 Å². The highest BCUT2D eigenvalue weighted by molar-refractivity contribution is 5.04. The fourth-order valence-corrected chi connectivity index (χ4v) is 1.80. The zero-order chi connectivity index (χ0) is 12.6. The Labute approximate surface area is 96.3 Å². The Bertz CT molecular complexity index is 510. The second kappa shape index (κ2) is 4.44. The number of hydrogen-bond donors (Lipinski definition) is 3. The van der Waals surface area contributed by atoms with Crippen LogP contribution in [0.15, 0.2) is 15.8 Å². The molecule has 0 bridgehead atoms. The lowest BCUT2D eigenvalue weighted by Crippen LogP contribution is -2.34. The molecule has 0 aliphatic carbocycles. The van der Waals surface area contributed by atoms with E-state index in [1.54, 1.807) is 6.92 Å². The summed E-state index contributed by atoms with van der Waals surface area (Å²) in [6.45, 7) is 1.79. The van der Waals surface area contributed by atoms with E-state index < -0.39 is 29.9 Å². The van der Waals surface area contributed by atoms with Gasteiger partial charge in [-0.3, -0.25) is 14.3 Å². The van der Waals surface area contributed by atoms with Gasteiger partial charge >= 0.3 is 5.69 Å². The predicted octanol–water partition coefficient (Wildman–Crippen LogP) is -1.30. The standard InChI is InChI=1S/C10H14N2O5/c1-2-5-4-12(10(16)11-8(5)14)7-3-6(13)9(15)17-7/h4,6-7,9,13,15H,2-3H2,1H3,(H,11,14,16)/t6-,7+,9-/m0/s1. The highest BCUT2D eigenvalue weighted by atomic mass is 16.6. The van der Waals surface area contributed by atoms with Crippen molar-refractivity contribution in [3.63, 3.8) is 0 Å². The third-order valence-corrected chi connectivity index (χ3v) is 2.80. The molecule has 3 N–H and O–H groups in total. The van der Waals surface area contributed by atoms with Crippen molar-refractivity contribution in [2.45, 2.75) is 38.4 Å². The molecule has 94 valence electrons. The number of nitrogens with one attached hydrogen (secondary N) is 1. The molecule has 0 amide bonds. The Balaban J connectivity index is 2.40. The normalized spacial score (nSPS) is 28.5. The Morgan fingerprint density at radius 3 is 2.76 bits per heavy atom. The first-order valence-corrected chi connectivity index (χ1v) is 5.39. The molecule has 1 aliphatic rings. The third-order valence-electron chi connectivity index (χ3n) is 2.80. The molecular weight excluding hydrogens is 228 g/mol. The monoisotopic (exact) mass is 242 g/mol. The van der Waals surface area contributed by atoms with Crippen molar-refractivity contribution in [3.8, 4) is 0 Å². The quantitative estimate of drug-likeness (QED) is 0.597. The maximum absolute atomic E-state index is 11.6. The van der Waals surface area contributed by atoms with Gasteiger partial charge in [-0.25, -0.2) is 4.79 Å². The second-order valence-electron chi connectivity index (χ2n) is 3.96. The van der Waals surface area contributed by atoms with Gasteiger partial charge in [-0.15, -0.1) is 0 Å². The number of H-pyrrole nitrogens is 1. The molecule has 0 spiro atoms. The maximum Gasteiger partial charge on any atom is 0.330 e. The van der Waals surface area contributed by atoms with Gasteiger partial charge in [0, 0.05) is 18.2 Å². The summed E-state index contributed by atoms with van der Waals surface area (Å²) in [5.74, 6) is 0. The van der Waals surface area contributed by atoms with E-state index in [1.165, 1.54) is 10.8 Å². The molecule has 17 heavy (non-hydrogen) atoms. The van der Waals surface area contributed by atoms with Gasteiger partial charge in [0.1, 0.15) is 12.3 Å². The van der Waals surface area contributed by atoms with Crippen molar-refractivity contribution in [1.82, 2.24) is 9.55 Å². The zero-order valence-corrected chi connectivity index (χ0v) is 9.29. The van der Waals surface area contributed by atoms with E-state index in [1.807, 2.05) is 0 Å². The minimum Gasteiger partial charge on any atom is -0.388 e. The average molecular weight is 242 g/mol. The van der Waals surface area contributed by atoms with E-state index in [0.29, 0.717) is 12.0 Å². The first kappa shape index (κ1) is 12.0. The van der Waals surface area contributed by atoms with Crippen molar-refractivity contribution in [2.75, 3.05) is 0 Å². The maximum atomic E-state index is 11.6. The van der Waals surface area contributed by atoms with Gasteiger partial charge in [0.15, 0.2) is 6.29 Å². The first-order chi connectivity index (χ1) is 8.02. The summed E-state index contributed by atoms with van der Waals surface area (Å²) in [6, 6.07) is 0. The molecule has 1 aromatic rings. The van der Waals surface area contributed by atoms with E-state index in [9.17, 15) is 19.8 Å². The van der Waals surface area contributed by atoms with Crippen LogP contribution in [0.25, 0.3) is 0 Å². The number of rotatable bonds is 2. The molecule has 1 saturated heterocycles. The molecular formula is C10H14N2O5. The lowest BCUT2D eigenvalue weighted by molar-refractivity contribution is -0.142. The van der Waals surface area contributed by atoms with Crippen LogP contribution in [0.1, 0.15) is 25.1 Å². The van der Waals surface area contributed by atoms with E-state index >= 15 is 0 Å². The lowest BCUT2D eigenvalue weighted by atomic mass is 10.2. The molecule has 0 unspecified atom stereocenters. The fraction of sp³-hybridized carbons (Fsp3) is 0.600. The number of aryl methyl sites for hydroxylation is 1. The third kappa shape index (κ3) is 2.17. The number of nitrogens with zero attached hydrogens (tertiary/aromatic N) is 1. The minimum absolute atomic E-state index is 0.107. The largest absolute Gasteiger partial charge is 0.388 e. The topological polar surface area (TPSA) is 105 Å².